The van der Waals surface area contributed by atoms with Crippen molar-refractivity contribution in [3.63, 3.8) is 0 Å². The molecule has 1 aliphatic heterocycles. The molecule has 0 spiro atoms. The van der Waals surface area contributed by atoms with Crippen LogP contribution in [0.5, 0.6) is 0 Å². The fourth-order valence-electron chi connectivity index (χ4n) is 3.16. The molecule has 0 unspecified atom stereocenters. The molecule has 0 atom stereocenters. The summed E-state index contributed by atoms with van der Waals surface area (Å²) in [7, 11) is 0. The zero-order valence-electron chi connectivity index (χ0n) is 15.3. The molecule has 1 N–H and O–H groups in total. The second-order valence-corrected chi connectivity index (χ2v) is 6.58. The molecule has 27 heavy (non-hydrogen) atoms. The maximum absolute atomic E-state index is 14.4. The van der Waals surface area contributed by atoms with Gasteiger partial charge in [-0.15, -0.1) is 0 Å². The highest BCUT2D eigenvalue weighted by Gasteiger charge is 2.16. The Morgan fingerprint density at radius 2 is 1.93 bits per heavy atom. The number of hydrogen-bond donors (Lipinski definition) is 1. The molecule has 138 valence electrons. The second-order valence-electron chi connectivity index (χ2n) is 6.58. The smallest absolute Gasteiger partial charge is 0.266 e. The molecule has 1 amide bonds. The van der Waals surface area contributed by atoms with E-state index in [-0.39, 0.29) is 11.4 Å². The molecular formula is C22H22FN3O. The van der Waals surface area contributed by atoms with Crippen LogP contribution in [0.3, 0.4) is 0 Å². The first kappa shape index (κ1) is 18.7. The summed E-state index contributed by atoms with van der Waals surface area (Å²) in [6, 6.07) is 14.2. The van der Waals surface area contributed by atoms with Crippen molar-refractivity contribution in [1.29, 1.82) is 5.26 Å². The molecule has 0 aliphatic carbocycles. The molecule has 1 heterocycles. The Bertz CT molecular complexity index is 891. The van der Waals surface area contributed by atoms with Crippen molar-refractivity contribution in [3.05, 3.63) is 65.0 Å². The molecule has 2 aromatic carbocycles. The predicted octanol–water partition coefficient (Wildman–Crippen LogP) is 4.53. The van der Waals surface area contributed by atoms with Gasteiger partial charge >= 0.3 is 0 Å². The van der Waals surface area contributed by atoms with Gasteiger partial charge in [0, 0.05) is 18.8 Å². The topological polar surface area (TPSA) is 56.1 Å². The summed E-state index contributed by atoms with van der Waals surface area (Å²) >= 11 is 0. The summed E-state index contributed by atoms with van der Waals surface area (Å²) in [6.45, 7) is 3.77. The Kier molecular flexibility index (Phi) is 5.87. The van der Waals surface area contributed by atoms with E-state index in [0.717, 1.165) is 37.9 Å². The number of hydrogen-bond acceptors (Lipinski definition) is 3. The molecule has 4 nitrogen and oxygen atoms in total. The van der Waals surface area contributed by atoms with Crippen LogP contribution in [-0.4, -0.2) is 19.0 Å². The Morgan fingerprint density at radius 1 is 1.22 bits per heavy atom. The average molecular weight is 363 g/mol. The summed E-state index contributed by atoms with van der Waals surface area (Å²) in [5, 5.41) is 12.0. The van der Waals surface area contributed by atoms with Crippen molar-refractivity contribution in [3.8, 4) is 6.07 Å². The highest BCUT2D eigenvalue weighted by molar-refractivity contribution is 6.09. The Morgan fingerprint density at radius 3 is 2.52 bits per heavy atom. The summed E-state index contributed by atoms with van der Waals surface area (Å²) < 4.78 is 14.4. The third-order valence-corrected chi connectivity index (χ3v) is 4.71. The maximum atomic E-state index is 14.4. The van der Waals surface area contributed by atoms with E-state index in [0.29, 0.717) is 16.9 Å². The van der Waals surface area contributed by atoms with Crippen LogP contribution in [0.4, 0.5) is 15.8 Å². The van der Waals surface area contributed by atoms with Crippen molar-refractivity contribution in [1.82, 2.24) is 0 Å². The summed E-state index contributed by atoms with van der Waals surface area (Å²) in [6.07, 6.45) is 4.46. The summed E-state index contributed by atoms with van der Waals surface area (Å²) in [4.78, 5) is 14.4. The third kappa shape index (κ3) is 4.53. The number of nitriles is 1. The molecular weight excluding hydrogens is 341 g/mol. The number of halogens is 1. The fraction of sp³-hybridized carbons (Fsp3) is 0.273. The lowest BCUT2D eigenvalue weighted by atomic mass is 10.1. The quantitative estimate of drug-likeness (QED) is 0.627. The minimum atomic E-state index is -0.509. The number of amides is 1. The van der Waals surface area contributed by atoms with Crippen LogP contribution >= 0.6 is 0 Å². The van der Waals surface area contributed by atoms with Gasteiger partial charge in [0.05, 0.1) is 5.69 Å². The molecule has 0 bridgehead atoms. The number of carbonyl (C=O) groups is 1. The Balaban J connectivity index is 1.75. The molecule has 1 fully saturated rings. The molecule has 0 aromatic heterocycles. The van der Waals surface area contributed by atoms with Crippen molar-refractivity contribution in [2.24, 2.45) is 0 Å². The highest BCUT2D eigenvalue weighted by Crippen LogP contribution is 2.25. The van der Waals surface area contributed by atoms with Crippen LogP contribution < -0.4 is 10.2 Å². The maximum Gasteiger partial charge on any atom is 0.266 e. The van der Waals surface area contributed by atoms with Gasteiger partial charge in [0.15, 0.2) is 0 Å². The van der Waals surface area contributed by atoms with Crippen LogP contribution in [0.2, 0.25) is 0 Å². The first-order chi connectivity index (χ1) is 13.1. The Hall–Kier alpha value is -3.13. The number of carbonyl (C=O) groups excluding carboxylic acids is 1. The molecule has 5 heteroatoms. The largest absolute Gasteiger partial charge is 0.369 e. The molecule has 1 saturated heterocycles. The van der Waals surface area contributed by atoms with Crippen LogP contribution in [-0.2, 0) is 11.2 Å². The minimum absolute atomic E-state index is 0.0668. The highest BCUT2D eigenvalue weighted by atomic mass is 19.1. The van der Waals surface area contributed by atoms with Gasteiger partial charge in [-0.3, -0.25) is 4.79 Å². The van der Waals surface area contributed by atoms with E-state index in [1.54, 1.807) is 24.3 Å². The van der Waals surface area contributed by atoms with Gasteiger partial charge in [-0.05, 0) is 60.7 Å². The van der Waals surface area contributed by atoms with Crippen LogP contribution in [0.25, 0.3) is 6.08 Å². The molecule has 2 aromatic rings. The lowest BCUT2D eigenvalue weighted by molar-refractivity contribution is -0.112. The monoisotopic (exact) mass is 363 g/mol. The number of nitrogens with zero attached hydrogens (tertiary/aromatic N) is 2. The van der Waals surface area contributed by atoms with E-state index < -0.39 is 5.91 Å². The van der Waals surface area contributed by atoms with Gasteiger partial charge in [-0.25, -0.2) is 4.39 Å². The van der Waals surface area contributed by atoms with E-state index in [1.165, 1.54) is 12.1 Å². The standard InChI is InChI=1S/C22H22FN3O/c1-2-16-5-8-19(9-6-16)25-22(27)18(15-24)13-17-7-10-21(20(23)14-17)26-11-3-4-12-26/h5-10,13-14H,2-4,11-12H2,1H3,(H,25,27)/b18-13-. The lowest BCUT2D eigenvalue weighted by Crippen LogP contribution is -2.18. The van der Waals surface area contributed by atoms with Gasteiger partial charge in [0.1, 0.15) is 17.5 Å². The number of anilines is 2. The second kappa shape index (κ2) is 8.50. The SMILES string of the molecule is CCc1ccc(NC(=O)/C(C#N)=C\c2ccc(N3CCCC3)c(F)c2)cc1. The van der Waals surface area contributed by atoms with Crippen molar-refractivity contribution < 1.29 is 9.18 Å². The number of benzene rings is 2. The van der Waals surface area contributed by atoms with Crippen molar-refractivity contribution in [2.75, 3.05) is 23.3 Å². The summed E-state index contributed by atoms with van der Waals surface area (Å²) in [5.74, 6) is -0.843. The van der Waals surface area contributed by atoms with E-state index >= 15 is 0 Å². The van der Waals surface area contributed by atoms with E-state index in [9.17, 15) is 14.4 Å². The van der Waals surface area contributed by atoms with Gasteiger partial charge in [0.2, 0.25) is 0 Å². The average Bonchev–Trinajstić information content (AvgIpc) is 3.21. The lowest BCUT2D eigenvalue weighted by Gasteiger charge is -2.18. The Labute approximate surface area is 158 Å². The zero-order valence-corrected chi connectivity index (χ0v) is 15.3. The van der Waals surface area contributed by atoms with Crippen molar-refractivity contribution >= 4 is 23.4 Å². The fourth-order valence-corrected chi connectivity index (χ4v) is 3.16. The van der Waals surface area contributed by atoms with E-state index in [1.807, 2.05) is 23.1 Å². The number of aryl methyl sites for hydroxylation is 1. The molecule has 1 aliphatic rings. The summed E-state index contributed by atoms with van der Waals surface area (Å²) in [5.41, 5.74) is 2.78. The first-order valence-corrected chi connectivity index (χ1v) is 9.17. The third-order valence-electron chi connectivity index (χ3n) is 4.71. The van der Waals surface area contributed by atoms with Crippen LogP contribution in [0.1, 0.15) is 30.9 Å². The predicted molar refractivity (Wildman–Crippen MR) is 106 cm³/mol. The minimum Gasteiger partial charge on any atom is -0.369 e. The van der Waals surface area contributed by atoms with Gasteiger partial charge in [-0.2, -0.15) is 5.26 Å². The van der Waals surface area contributed by atoms with Gasteiger partial charge in [0.25, 0.3) is 5.91 Å². The van der Waals surface area contributed by atoms with E-state index in [2.05, 4.69) is 12.2 Å². The first-order valence-electron chi connectivity index (χ1n) is 9.17. The van der Waals surface area contributed by atoms with Crippen LogP contribution in [0.15, 0.2) is 48.0 Å². The molecule has 0 radical (unpaired) electrons. The van der Waals surface area contributed by atoms with Crippen LogP contribution in [0, 0.1) is 17.1 Å². The number of nitrogens with one attached hydrogen (secondary N) is 1. The van der Waals surface area contributed by atoms with E-state index in [4.69, 9.17) is 0 Å². The molecule has 3 rings (SSSR count). The number of rotatable bonds is 5. The normalized spacial score (nSPS) is 14.1. The molecule has 0 saturated carbocycles. The van der Waals surface area contributed by atoms with Crippen molar-refractivity contribution in [2.45, 2.75) is 26.2 Å². The van der Waals surface area contributed by atoms with Gasteiger partial charge < -0.3 is 10.2 Å². The zero-order chi connectivity index (χ0) is 19.2. The van der Waals surface area contributed by atoms with Gasteiger partial charge in [-0.1, -0.05) is 25.1 Å².